The van der Waals surface area contributed by atoms with E-state index in [4.69, 9.17) is 9.47 Å². The molecule has 1 aromatic heterocycles. The number of rotatable bonds is 7. The van der Waals surface area contributed by atoms with E-state index in [-0.39, 0.29) is 18.4 Å². The molecule has 0 saturated heterocycles. The Morgan fingerprint density at radius 2 is 1.84 bits per heavy atom. The van der Waals surface area contributed by atoms with Crippen LogP contribution in [0.15, 0.2) is 23.6 Å². The van der Waals surface area contributed by atoms with Crippen molar-refractivity contribution < 1.29 is 19.1 Å². The molecule has 7 nitrogen and oxygen atoms in total. The van der Waals surface area contributed by atoms with Crippen LogP contribution in [0.25, 0.3) is 0 Å². The van der Waals surface area contributed by atoms with Gasteiger partial charge in [0, 0.05) is 23.6 Å². The van der Waals surface area contributed by atoms with Gasteiger partial charge in [0.15, 0.2) is 5.13 Å². The number of hydrogen-bond acceptors (Lipinski definition) is 6. The number of anilines is 1. The number of nitrogens with one attached hydrogen (secondary N) is 1. The number of methoxy groups -OCH3 is 2. The molecule has 0 aliphatic rings. The molecule has 2 aromatic rings. The van der Waals surface area contributed by atoms with Gasteiger partial charge in [0.1, 0.15) is 18.0 Å². The molecule has 0 saturated carbocycles. The zero-order valence-corrected chi connectivity index (χ0v) is 15.5. The highest BCUT2D eigenvalue weighted by Crippen LogP contribution is 2.23. The summed E-state index contributed by atoms with van der Waals surface area (Å²) in [5.41, 5.74) is 1.24. The van der Waals surface area contributed by atoms with E-state index in [0.717, 1.165) is 5.69 Å². The van der Waals surface area contributed by atoms with Crippen molar-refractivity contribution in [3.8, 4) is 11.5 Å². The monoisotopic (exact) mass is 363 g/mol. The minimum absolute atomic E-state index is 0.0620. The maximum atomic E-state index is 12.7. The Morgan fingerprint density at radius 3 is 2.32 bits per heavy atom. The maximum absolute atomic E-state index is 12.7. The number of amides is 2. The van der Waals surface area contributed by atoms with Crippen molar-refractivity contribution in [2.75, 3.05) is 32.6 Å². The lowest BCUT2D eigenvalue weighted by Gasteiger charge is -2.20. The first-order valence-corrected chi connectivity index (χ1v) is 8.59. The molecule has 2 amide bonds. The van der Waals surface area contributed by atoms with Crippen molar-refractivity contribution in [3.05, 3.63) is 34.8 Å². The first-order valence-electron chi connectivity index (χ1n) is 7.71. The predicted molar refractivity (Wildman–Crippen MR) is 96.6 cm³/mol. The molecule has 1 aromatic carbocycles. The predicted octanol–water partition coefficient (Wildman–Crippen LogP) is 2.57. The number of benzene rings is 1. The molecule has 0 radical (unpaired) electrons. The summed E-state index contributed by atoms with van der Waals surface area (Å²) in [6, 6.07) is 4.93. The number of ether oxygens (including phenoxy) is 2. The van der Waals surface area contributed by atoms with Crippen LogP contribution in [0, 0.1) is 6.92 Å². The standard InChI is InChI=1S/C17H21N3O4S/c1-5-20(9-15(21)19-17-18-11(2)10-25-17)16(22)12-6-13(23-3)8-14(7-12)24-4/h6-8,10H,5,9H2,1-4H3,(H,18,19,21). The lowest BCUT2D eigenvalue weighted by Crippen LogP contribution is -2.37. The van der Waals surface area contributed by atoms with E-state index >= 15 is 0 Å². The molecule has 0 atom stereocenters. The summed E-state index contributed by atoms with van der Waals surface area (Å²) < 4.78 is 10.4. The highest BCUT2D eigenvalue weighted by Gasteiger charge is 2.19. The molecular formula is C17H21N3O4S. The molecule has 2 rings (SSSR count). The Balaban J connectivity index is 2.11. The molecule has 8 heteroatoms. The van der Waals surface area contributed by atoms with Crippen LogP contribution in [-0.4, -0.2) is 49.0 Å². The lowest BCUT2D eigenvalue weighted by molar-refractivity contribution is -0.116. The van der Waals surface area contributed by atoms with Gasteiger partial charge in [-0.25, -0.2) is 4.98 Å². The Kier molecular flexibility index (Phi) is 6.35. The molecule has 0 aliphatic heterocycles. The van der Waals surface area contributed by atoms with Crippen LogP contribution in [0.3, 0.4) is 0 Å². The normalized spacial score (nSPS) is 10.2. The zero-order chi connectivity index (χ0) is 18.4. The van der Waals surface area contributed by atoms with Crippen LogP contribution in [0.1, 0.15) is 23.0 Å². The summed E-state index contributed by atoms with van der Waals surface area (Å²) in [5.74, 6) is 0.465. The Hall–Kier alpha value is -2.61. The second-order valence-corrected chi connectivity index (χ2v) is 6.12. The largest absolute Gasteiger partial charge is 0.497 e. The van der Waals surface area contributed by atoms with E-state index in [2.05, 4.69) is 10.3 Å². The van der Waals surface area contributed by atoms with Crippen LogP contribution >= 0.6 is 11.3 Å². The summed E-state index contributed by atoms with van der Waals surface area (Å²) in [6.45, 7) is 4.00. The number of aryl methyl sites for hydroxylation is 1. The fraction of sp³-hybridized carbons (Fsp3) is 0.353. The van der Waals surface area contributed by atoms with E-state index < -0.39 is 0 Å². The van der Waals surface area contributed by atoms with Gasteiger partial charge in [0.2, 0.25) is 5.91 Å². The third-order valence-corrected chi connectivity index (χ3v) is 4.34. The molecule has 0 aliphatic carbocycles. The fourth-order valence-electron chi connectivity index (χ4n) is 2.18. The number of carbonyl (C=O) groups is 2. The van der Waals surface area contributed by atoms with Crippen molar-refractivity contribution in [1.29, 1.82) is 0 Å². The van der Waals surface area contributed by atoms with Gasteiger partial charge in [-0.3, -0.25) is 9.59 Å². The van der Waals surface area contributed by atoms with Gasteiger partial charge in [-0.2, -0.15) is 0 Å². The number of carbonyl (C=O) groups excluding carboxylic acids is 2. The van der Waals surface area contributed by atoms with Gasteiger partial charge in [-0.1, -0.05) is 0 Å². The molecule has 134 valence electrons. The summed E-state index contributed by atoms with van der Waals surface area (Å²) >= 11 is 1.35. The molecule has 0 bridgehead atoms. The van der Waals surface area contributed by atoms with Gasteiger partial charge in [-0.15, -0.1) is 11.3 Å². The Bertz CT molecular complexity index is 738. The molecule has 0 unspecified atom stereocenters. The minimum Gasteiger partial charge on any atom is -0.497 e. The molecule has 0 fully saturated rings. The van der Waals surface area contributed by atoms with E-state index in [1.54, 1.807) is 18.2 Å². The van der Waals surface area contributed by atoms with Gasteiger partial charge in [0.05, 0.1) is 19.9 Å². The number of aromatic nitrogens is 1. The highest BCUT2D eigenvalue weighted by atomic mass is 32.1. The molecule has 1 heterocycles. The smallest absolute Gasteiger partial charge is 0.254 e. The number of hydrogen-bond donors (Lipinski definition) is 1. The first kappa shape index (κ1) is 18.7. The van der Waals surface area contributed by atoms with E-state index in [0.29, 0.717) is 28.7 Å². The molecule has 1 N–H and O–H groups in total. The van der Waals surface area contributed by atoms with Crippen molar-refractivity contribution >= 4 is 28.3 Å². The average molecular weight is 363 g/mol. The summed E-state index contributed by atoms with van der Waals surface area (Å²) in [6.07, 6.45) is 0. The van der Waals surface area contributed by atoms with Gasteiger partial charge >= 0.3 is 0 Å². The van der Waals surface area contributed by atoms with Crippen molar-refractivity contribution in [2.24, 2.45) is 0 Å². The molecule has 0 spiro atoms. The van der Waals surface area contributed by atoms with Crippen molar-refractivity contribution in [1.82, 2.24) is 9.88 Å². The quantitative estimate of drug-likeness (QED) is 0.818. The minimum atomic E-state index is -0.292. The summed E-state index contributed by atoms with van der Waals surface area (Å²) in [7, 11) is 3.04. The Labute approximate surface area is 150 Å². The van der Waals surface area contributed by atoms with Gasteiger partial charge in [-0.05, 0) is 26.0 Å². The van der Waals surface area contributed by atoms with Crippen molar-refractivity contribution in [2.45, 2.75) is 13.8 Å². The second kappa shape index (κ2) is 8.48. The van der Waals surface area contributed by atoms with Crippen LogP contribution in [-0.2, 0) is 4.79 Å². The second-order valence-electron chi connectivity index (χ2n) is 5.26. The fourth-order valence-corrected chi connectivity index (χ4v) is 2.89. The third-order valence-electron chi connectivity index (χ3n) is 3.47. The third kappa shape index (κ3) is 4.93. The SMILES string of the molecule is CCN(CC(=O)Nc1nc(C)cs1)C(=O)c1cc(OC)cc(OC)c1. The molecular weight excluding hydrogens is 342 g/mol. The lowest BCUT2D eigenvalue weighted by atomic mass is 10.1. The van der Waals surface area contributed by atoms with Gasteiger partial charge < -0.3 is 19.7 Å². The highest BCUT2D eigenvalue weighted by molar-refractivity contribution is 7.13. The topological polar surface area (TPSA) is 80.8 Å². The van der Waals surface area contributed by atoms with Crippen LogP contribution in [0.4, 0.5) is 5.13 Å². The molecule has 25 heavy (non-hydrogen) atoms. The number of thiazole rings is 1. The van der Waals surface area contributed by atoms with Crippen LogP contribution < -0.4 is 14.8 Å². The van der Waals surface area contributed by atoms with Gasteiger partial charge in [0.25, 0.3) is 5.91 Å². The zero-order valence-electron chi connectivity index (χ0n) is 14.7. The van der Waals surface area contributed by atoms with Crippen molar-refractivity contribution in [3.63, 3.8) is 0 Å². The maximum Gasteiger partial charge on any atom is 0.254 e. The van der Waals surface area contributed by atoms with E-state index in [9.17, 15) is 9.59 Å². The first-order chi connectivity index (χ1) is 12.0. The Morgan fingerprint density at radius 1 is 1.20 bits per heavy atom. The summed E-state index contributed by atoms with van der Waals surface area (Å²) in [4.78, 5) is 30.5. The van der Waals surface area contributed by atoms with E-state index in [1.807, 2.05) is 19.2 Å². The number of likely N-dealkylation sites (N-methyl/N-ethyl adjacent to an activating group) is 1. The van der Waals surface area contributed by atoms with Crippen LogP contribution in [0.2, 0.25) is 0 Å². The summed E-state index contributed by atoms with van der Waals surface area (Å²) in [5, 5.41) is 5.07. The van der Waals surface area contributed by atoms with E-state index in [1.165, 1.54) is 30.5 Å². The number of nitrogens with zero attached hydrogens (tertiary/aromatic N) is 2. The average Bonchev–Trinajstić information content (AvgIpc) is 3.03. The van der Waals surface area contributed by atoms with Crippen LogP contribution in [0.5, 0.6) is 11.5 Å².